The third-order valence-corrected chi connectivity index (χ3v) is 10.4. The van der Waals surface area contributed by atoms with E-state index in [1.807, 2.05) is 11.1 Å². The van der Waals surface area contributed by atoms with Gasteiger partial charge in [-0.15, -0.1) is 0 Å². The molecule has 13 nitrogen and oxygen atoms in total. The lowest BCUT2D eigenvalue weighted by molar-refractivity contribution is 0.0510. The number of aliphatic hydroxyl groups is 1. The first-order chi connectivity index (χ1) is 23.2. The number of hydrogen-bond acceptors (Lipinski definition) is 9. The number of amides is 3. The van der Waals surface area contributed by atoms with E-state index in [9.17, 15) is 24.6 Å². The number of carbonyl (C=O) groups is 3. The number of rotatable bonds is 10. The van der Waals surface area contributed by atoms with Crippen LogP contribution >= 0.6 is 0 Å². The minimum atomic E-state index is -1.39. The van der Waals surface area contributed by atoms with Crippen molar-refractivity contribution in [3.8, 4) is 23.0 Å². The summed E-state index contributed by atoms with van der Waals surface area (Å²) in [7, 11) is 3.02. The lowest BCUT2D eigenvalue weighted by Gasteiger charge is -2.32. The molecule has 7 rings (SSSR count). The van der Waals surface area contributed by atoms with Crippen LogP contribution in [0.15, 0.2) is 29.3 Å². The van der Waals surface area contributed by atoms with Gasteiger partial charge < -0.3 is 39.0 Å². The molecule has 256 valence electrons. The predicted molar refractivity (Wildman–Crippen MR) is 175 cm³/mol. The Labute approximate surface area is 279 Å². The van der Waals surface area contributed by atoms with E-state index in [4.69, 9.17) is 18.9 Å². The molecule has 1 saturated carbocycles. The van der Waals surface area contributed by atoms with Crippen molar-refractivity contribution in [1.29, 1.82) is 0 Å². The number of aliphatic imine (C=N–C) groups is 1. The highest BCUT2D eigenvalue weighted by Gasteiger charge is 2.57. The van der Waals surface area contributed by atoms with Crippen molar-refractivity contribution in [2.45, 2.75) is 76.1 Å². The Morgan fingerprint density at radius 1 is 0.896 bits per heavy atom. The number of aliphatic hydroxyl groups excluding tert-OH is 1. The van der Waals surface area contributed by atoms with Crippen molar-refractivity contribution in [1.82, 2.24) is 9.80 Å². The third-order valence-electron chi connectivity index (χ3n) is 10.4. The molecule has 2 saturated heterocycles. The van der Waals surface area contributed by atoms with Gasteiger partial charge in [0.2, 0.25) is 0 Å². The van der Waals surface area contributed by atoms with Gasteiger partial charge in [-0.2, -0.15) is 0 Å². The molecule has 13 heteroatoms. The van der Waals surface area contributed by atoms with Gasteiger partial charge in [0.15, 0.2) is 29.2 Å². The van der Waals surface area contributed by atoms with E-state index in [2.05, 4.69) is 4.99 Å². The quantitative estimate of drug-likeness (QED) is 0.340. The normalized spacial score (nSPS) is 23.5. The van der Waals surface area contributed by atoms with Crippen LogP contribution in [0, 0.1) is 5.41 Å². The van der Waals surface area contributed by atoms with E-state index in [0.717, 1.165) is 56.4 Å². The van der Waals surface area contributed by atoms with Crippen LogP contribution in [0.4, 0.5) is 16.2 Å². The summed E-state index contributed by atoms with van der Waals surface area (Å²) in [6.45, 7) is 1.96. The Kier molecular flexibility index (Phi) is 8.57. The number of ether oxygens (including phenoxy) is 4. The van der Waals surface area contributed by atoms with E-state index in [1.165, 1.54) is 19.2 Å². The fourth-order valence-corrected chi connectivity index (χ4v) is 7.53. The molecule has 4 heterocycles. The molecule has 0 radical (unpaired) electrons. The van der Waals surface area contributed by atoms with Gasteiger partial charge in [0.1, 0.15) is 0 Å². The molecule has 0 bridgehead atoms. The highest BCUT2D eigenvalue weighted by Crippen LogP contribution is 2.57. The highest BCUT2D eigenvalue weighted by molar-refractivity contribution is 6.06. The van der Waals surface area contributed by atoms with Crippen LogP contribution in [0.1, 0.15) is 78.5 Å². The SMILES string of the molecule is COc1cc2c(cc1OCCCCCOc1cc3c(cc1OC)C(=O)N1CC4(CC4)CC1C(O)N3C(=O)O)N=C[C@@H]1CCCCN1C2=O. The summed E-state index contributed by atoms with van der Waals surface area (Å²) < 4.78 is 23.2. The number of fused-ring (bicyclic) bond motifs is 4. The molecule has 2 unspecified atom stereocenters. The van der Waals surface area contributed by atoms with E-state index < -0.39 is 18.4 Å². The van der Waals surface area contributed by atoms with Gasteiger partial charge in [0.25, 0.3) is 11.8 Å². The third kappa shape index (κ3) is 5.78. The maximum atomic E-state index is 13.6. The average Bonchev–Trinajstić information content (AvgIpc) is 3.78. The average molecular weight is 663 g/mol. The van der Waals surface area contributed by atoms with E-state index >= 15 is 0 Å². The topological polar surface area (TPSA) is 151 Å². The Morgan fingerprint density at radius 3 is 2.23 bits per heavy atom. The molecule has 4 aliphatic heterocycles. The lowest BCUT2D eigenvalue weighted by Crippen LogP contribution is -2.50. The standard InChI is InChI=1S/C35H42N4O9/c1-45-27-14-22-24(36-19-21-8-4-5-11-37(21)31(22)40)16-29(27)47-12-6-3-7-13-48-30-17-25-23(15-28(30)46-2)32(41)38-20-35(9-10-35)18-26(38)33(42)39(25)34(43)44/h14-17,19,21,26,33,42H,3-13,18,20H2,1-2H3,(H,43,44)/t21-,26?,33?/m0/s1. The van der Waals surface area contributed by atoms with Crippen molar-refractivity contribution in [2.24, 2.45) is 10.4 Å². The van der Waals surface area contributed by atoms with Gasteiger partial charge in [-0.1, -0.05) is 0 Å². The maximum Gasteiger partial charge on any atom is 0.414 e. The summed E-state index contributed by atoms with van der Waals surface area (Å²) in [6.07, 6.45) is 6.80. The van der Waals surface area contributed by atoms with Crippen molar-refractivity contribution < 1.29 is 43.5 Å². The van der Waals surface area contributed by atoms with Crippen molar-refractivity contribution in [3.63, 3.8) is 0 Å². The van der Waals surface area contributed by atoms with Crippen molar-refractivity contribution in [3.05, 3.63) is 35.4 Å². The number of nitrogens with zero attached hydrogens (tertiary/aromatic N) is 4. The first-order valence-electron chi connectivity index (χ1n) is 16.8. The monoisotopic (exact) mass is 662 g/mol. The molecule has 5 aliphatic rings. The second-order valence-corrected chi connectivity index (χ2v) is 13.4. The van der Waals surface area contributed by atoms with Crippen molar-refractivity contribution >= 4 is 35.5 Å². The van der Waals surface area contributed by atoms with Gasteiger partial charge in [0.05, 0.1) is 62.0 Å². The number of methoxy groups -OCH3 is 2. The van der Waals surface area contributed by atoms with Gasteiger partial charge in [-0.05, 0) is 75.3 Å². The van der Waals surface area contributed by atoms with Crippen LogP contribution in [0.5, 0.6) is 23.0 Å². The van der Waals surface area contributed by atoms with Gasteiger partial charge in [-0.25, -0.2) is 9.69 Å². The minimum Gasteiger partial charge on any atom is -0.493 e. The molecular weight excluding hydrogens is 620 g/mol. The molecular formula is C35H42N4O9. The summed E-state index contributed by atoms with van der Waals surface area (Å²) in [5, 5.41) is 21.3. The summed E-state index contributed by atoms with van der Waals surface area (Å²) in [5.74, 6) is 1.27. The molecule has 2 N–H and O–H groups in total. The second kappa shape index (κ2) is 12.8. The van der Waals surface area contributed by atoms with Crippen LogP contribution in [0.2, 0.25) is 0 Å². The first-order valence-corrected chi connectivity index (χ1v) is 16.8. The molecule has 3 amide bonds. The Balaban J connectivity index is 0.969. The number of carboxylic acid groups (broad SMARTS) is 1. The highest BCUT2D eigenvalue weighted by atomic mass is 16.5. The van der Waals surface area contributed by atoms with Crippen LogP contribution < -0.4 is 23.8 Å². The van der Waals surface area contributed by atoms with Gasteiger partial charge >= 0.3 is 6.09 Å². The number of hydrogen-bond donors (Lipinski definition) is 2. The fourth-order valence-electron chi connectivity index (χ4n) is 7.53. The fraction of sp³-hybridized carbons (Fsp3) is 0.543. The number of anilines is 1. The zero-order valence-electron chi connectivity index (χ0n) is 27.4. The van der Waals surface area contributed by atoms with Crippen LogP contribution in [0.25, 0.3) is 0 Å². The summed E-state index contributed by atoms with van der Waals surface area (Å²) in [5.41, 5.74) is 1.33. The van der Waals surface area contributed by atoms with Crippen molar-refractivity contribution in [2.75, 3.05) is 45.4 Å². The molecule has 1 aliphatic carbocycles. The maximum absolute atomic E-state index is 13.6. The number of carbonyl (C=O) groups excluding carboxylic acids is 2. The van der Waals surface area contributed by atoms with Gasteiger partial charge in [0, 0.05) is 31.4 Å². The molecule has 3 fully saturated rings. The van der Waals surface area contributed by atoms with Crippen LogP contribution in [-0.4, -0.2) is 103 Å². The van der Waals surface area contributed by atoms with E-state index in [0.29, 0.717) is 66.8 Å². The first kappa shape index (κ1) is 32.0. The molecule has 48 heavy (non-hydrogen) atoms. The molecule has 2 aromatic carbocycles. The van der Waals surface area contributed by atoms with E-state index in [-0.39, 0.29) is 34.5 Å². The molecule has 1 spiro atoms. The largest absolute Gasteiger partial charge is 0.493 e. The summed E-state index contributed by atoms with van der Waals surface area (Å²) in [4.78, 5) is 48.3. The Bertz CT molecular complexity index is 1640. The molecule has 3 atom stereocenters. The zero-order chi connectivity index (χ0) is 33.6. The zero-order valence-corrected chi connectivity index (χ0v) is 27.4. The lowest BCUT2D eigenvalue weighted by atomic mass is 10.0. The summed E-state index contributed by atoms with van der Waals surface area (Å²) in [6, 6.07) is 5.88. The number of unbranched alkanes of at least 4 members (excludes halogenated alkanes) is 2. The Morgan fingerprint density at radius 2 is 1.56 bits per heavy atom. The predicted octanol–water partition coefficient (Wildman–Crippen LogP) is 4.85. The smallest absolute Gasteiger partial charge is 0.414 e. The van der Waals surface area contributed by atoms with Crippen LogP contribution in [-0.2, 0) is 0 Å². The van der Waals surface area contributed by atoms with E-state index in [1.54, 1.807) is 24.1 Å². The van der Waals surface area contributed by atoms with Crippen LogP contribution in [0.3, 0.4) is 0 Å². The molecule has 0 aromatic heterocycles. The molecule has 2 aromatic rings. The summed E-state index contributed by atoms with van der Waals surface area (Å²) >= 11 is 0. The second-order valence-electron chi connectivity index (χ2n) is 13.4. The number of benzene rings is 2. The minimum absolute atomic E-state index is 0.0137. The number of piperidine rings is 1. The Hall–Kier alpha value is -4.52. The van der Waals surface area contributed by atoms with Gasteiger partial charge in [-0.3, -0.25) is 14.6 Å².